The van der Waals surface area contributed by atoms with Crippen molar-refractivity contribution in [3.05, 3.63) is 33.1 Å². The maximum atomic E-state index is 12.4. The standard InChI is InChI=1S/C12H16ClN3O4/c1-8(2)15(6-3-7-17)12(18)9-4-5-14-11(13)10(9)16(19)20/h4-5,8,17H,3,6-7H2,1-2H3. The van der Waals surface area contributed by atoms with E-state index in [0.29, 0.717) is 13.0 Å². The van der Waals surface area contributed by atoms with Crippen LogP contribution in [0.1, 0.15) is 30.6 Å². The summed E-state index contributed by atoms with van der Waals surface area (Å²) in [5, 5.41) is 19.6. The smallest absolute Gasteiger partial charge is 0.319 e. The molecule has 0 unspecified atom stereocenters. The Hall–Kier alpha value is -1.73. The van der Waals surface area contributed by atoms with Crippen molar-refractivity contribution in [2.45, 2.75) is 26.3 Å². The van der Waals surface area contributed by atoms with Crippen molar-refractivity contribution in [1.82, 2.24) is 9.88 Å². The van der Waals surface area contributed by atoms with Crippen molar-refractivity contribution < 1.29 is 14.8 Å². The number of carbonyl (C=O) groups excluding carboxylic acids is 1. The number of aromatic nitrogens is 1. The second kappa shape index (κ2) is 7.16. The summed E-state index contributed by atoms with van der Waals surface area (Å²) in [5.74, 6) is -0.496. The molecule has 0 aliphatic rings. The lowest BCUT2D eigenvalue weighted by atomic mass is 10.1. The van der Waals surface area contributed by atoms with Gasteiger partial charge in [-0.05, 0) is 26.3 Å². The molecule has 0 spiro atoms. The highest BCUT2D eigenvalue weighted by atomic mass is 35.5. The molecule has 110 valence electrons. The van der Waals surface area contributed by atoms with E-state index in [9.17, 15) is 14.9 Å². The van der Waals surface area contributed by atoms with Gasteiger partial charge in [0.15, 0.2) is 0 Å². The van der Waals surface area contributed by atoms with E-state index >= 15 is 0 Å². The molecule has 0 aliphatic carbocycles. The van der Waals surface area contributed by atoms with Crippen molar-refractivity contribution in [3.63, 3.8) is 0 Å². The van der Waals surface area contributed by atoms with Crippen LogP contribution in [0.15, 0.2) is 12.3 Å². The van der Waals surface area contributed by atoms with E-state index in [1.807, 2.05) is 0 Å². The SMILES string of the molecule is CC(C)N(CCCO)C(=O)c1ccnc(Cl)c1[N+](=O)[O-]. The maximum Gasteiger partial charge on any atom is 0.319 e. The van der Waals surface area contributed by atoms with Gasteiger partial charge in [0.05, 0.1) is 4.92 Å². The van der Waals surface area contributed by atoms with Crippen LogP contribution in [0.3, 0.4) is 0 Å². The number of nitrogens with zero attached hydrogens (tertiary/aromatic N) is 3. The lowest BCUT2D eigenvalue weighted by molar-refractivity contribution is -0.385. The van der Waals surface area contributed by atoms with E-state index in [1.165, 1.54) is 17.2 Å². The molecule has 0 bridgehead atoms. The van der Waals surface area contributed by atoms with Crippen LogP contribution in [0.2, 0.25) is 5.15 Å². The number of carbonyl (C=O) groups is 1. The number of hydrogen-bond donors (Lipinski definition) is 1. The summed E-state index contributed by atoms with van der Waals surface area (Å²) in [5.41, 5.74) is -0.588. The van der Waals surface area contributed by atoms with Crippen LogP contribution in [0.4, 0.5) is 5.69 Å². The molecule has 8 heteroatoms. The highest BCUT2D eigenvalue weighted by Gasteiger charge is 2.29. The first-order chi connectivity index (χ1) is 9.40. The van der Waals surface area contributed by atoms with Gasteiger partial charge in [0.25, 0.3) is 5.91 Å². The molecule has 1 N–H and O–H groups in total. The van der Waals surface area contributed by atoms with Crippen LogP contribution >= 0.6 is 11.6 Å². The molecule has 0 radical (unpaired) electrons. The van der Waals surface area contributed by atoms with Gasteiger partial charge in [0, 0.05) is 25.4 Å². The van der Waals surface area contributed by atoms with Gasteiger partial charge in [-0.2, -0.15) is 0 Å². The van der Waals surface area contributed by atoms with Crippen LogP contribution in [0.25, 0.3) is 0 Å². The van der Waals surface area contributed by atoms with Crippen molar-refractivity contribution in [2.75, 3.05) is 13.2 Å². The Morgan fingerprint density at radius 1 is 1.60 bits per heavy atom. The summed E-state index contributed by atoms with van der Waals surface area (Å²) in [7, 11) is 0. The number of aliphatic hydroxyl groups excluding tert-OH is 1. The first-order valence-electron chi connectivity index (χ1n) is 6.10. The van der Waals surface area contributed by atoms with Crippen LogP contribution in [-0.4, -0.2) is 45.0 Å². The summed E-state index contributed by atoms with van der Waals surface area (Å²) < 4.78 is 0. The number of pyridine rings is 1. The molecule has 0 aromatic carbocycles. The third-order valence-electron chi connectivity index (χ3n) is 2.73. The van der Waals surface area contributed by atoms with Gasteiger partial charge in [-0.3, -0.25) is 14.9 Å². The average Bonchev–Trinajstić information content (AvgIpc) is 2.37. The second-order valence-corrected chi connectivity index (χ2v) is 4.78. The molecule has 0 fully saturated rings. The topological polar surface area (TPSA) is 96.6 Å². The van der Waals surface area contributed by atoms with E-state index in [0.717, 1.165) is 0 Å². The minimum atomic E-state index is -0.715. The Bertz CT molecular complexity index is 507. The van der Waals surface area contributed by atoms with E-state index in [2.05, 4.69) is 4.98 Å². The van der Waals surface area contributed by atoms with Crippen LogP contribution in [0, 0.1) is 10.1 Å². The van der Waals surface area contributed by atoms with Crippen molar-refractivity contribution in [3.8, 4) is 0 Å². The second-order valence-electron chi connectivity index (χ2n) is 4.42. The lowest BCUT2D eigenvalue weighted by Gasteiger charge is -2.26. The summed E-state index contributed by atoms with van der Waals surface area (Å²) >= 11 is 5.69. The first kappa shape index (κ1) is 16.3. The maximum absolute atomic E-state index is 12.4. The Labute approximate surface area is 121 Å². The van der Waals surface area contributed by atoms with Crippen LogP contribution < -0.4 is 0 Å². The summed E-state index contributed by atoms with van der Waals surface area (Å²) in [6.45, 7) is 3.84. The van der Waals surface area contributed by atoms with Gasteiger partial charge >= 0.3 is 5.69 Å². The molecule has 1 amide bonds. The number of hydrogen-bond acceptors (Lipinski definition) is 5. The monoisotopic (exact) mass is 301 g/mol. The summed E-state index contributed by atoms with van der Waals surface area (Å²) in [6.07, 6.45) is 1.66. The van der Waals surface area contributed by atoms with E-state index in [-0.39, 0.29) is 23.4 Å². The fourth-order valence-electron chi connectivity index (χ4n) is 1.76. The predicted octanol–water partition coefficient (Wildman–Crippen LogP) is 1.88. The first-order valence-corrected chi connectivity index (χ1v) is 6.48. The lowest BCUT2D eigenvalue weighted by Crippen LogP contribution is -2.38. The van der Waals surface area contributed by atoms with Crippen LogP contribution in [0.5, 0.6) is 0 Å². The van der Waals surface area contributed by atoms with Gasteiger partial charge < -0.3 is 10.0 Å². The van der Waals surface area contributed by atoms with Gasteiger partial charge in [0.2, 0.25) is 5.15 Å². The zero-order chi connectivity index (χ0) is 15.3. The normalized spacial score (nSPS) is 10.7. The number of nitro groups is 1. The molecular formula is C12H16ClN3O4. The van der Waals surface area contributed by atoms with E-state index in [4.69, 9.17) is 16.7 Å². The van der Waals surface area contributed by atoms with Crippen LogP contribution in [-0.2, 0) is 0 Å². The van der Waals surface area contributed by atoms with E-state index < -0.39 is 16.5 Å². The van der Waals surface area contributed by atoms with Crippen molar-refractivity contribution in [1.29, 1.82) is 0 Å². The number of amides is 1. The molecule has 0 atom stereocenters. The zero-order valence-electron chi connectivity index (χ0n) is 11.2. The molecule has 20 heavy (non-hydrogen) atoms. The molecule has 1 rings (SSSR count). The quantitative estimate of drug-likeness (QED) is 0.491. The summed E-state index contributed by atoms with van der Waals surface area (Å²) in [4.78, 5) is 27.8. The van der Waals surface area contributed by atoms with Crippen molar-refractivity contribution >= 4 is 23.2 Å². The molecule has 7 nitrogen and oxygen atoms in total. The molecule has 1 aromatic heterocycles. The molecule has 1 heterocycles. The Morgan fingerprint density at radius 2 is 2.25 bits per heavy atom. The molecular weight excluding hydrogens is 286 g/mol. The number of halogens is 1. The van der Waals surface area contributed by atoms with Gasteiger partial charge in [-0.15, -0.1) is 0 Å². The fraction of sp³-hybridized carbons (Fsp3) is 0.500. The minimum Gasteiger partial charge on any atom is -0.396 e. The Kier molecular flexibility index (Phi) is 5.84. The molecule has 0 saturated carbocycles. The van der Waals surface area contributed by atoms with Crippen molar-refractivity contribution in [2.24, 2.45) is 0 Å². The average molecular weight is 302 g/mol. The minimum absolute atomic E-state index is 0.0598. The molecule has 0 aliphatic heterocycles. The Morgan fingerprint density at radius 3 is 2.75 bits per heavy atom. The third kappa shape index (κ3) is 3.64. The van der Waals surface area contributed by atoms with Gasteiger partial charge in [-0.1, -0.05) is 11.6 Å². The highest BCUT2D eigenvalue weighted by Crippen LogP contribution is 2.27. The third-order valence-corrected chi connectivity index (χ3v) is 3.01. The fourth-order valence-corrected chi connectivity index (χ4v) is 1.99. The Balaban J connectivity index is 3.18. The summed E-state index contributed by atoms with van der Waals surface area (Å²) in [6, 6.07) is 1.13. The largest absolute Gasteiger partial charge is 0.396 e. The highest BCUT2D eigenvalue weighted by molar-refractivity contribution is 6.32. The molecule has 0 saturated heterocycles. The van der Waals surface area contributed by atoms with Gasteiger partial charge in [0.1, 0.15) is 5.56 Å². The molecule has 1 aromatic rings. The zero-order valence-corrected chi connectivity index (χ0v) is 12.0. The number of aliphatic hydroxyl groups is 1. The van der Waals surface area contributed by atoms with Gasteiger partial charge in [-0.25, -0.2) is 4.98 Å². The number of rotatable bonds is 6. The van der Waals surface area contributed by atoms with E-state index in [1.54, 1.807) is 13.8 Å². The predicted molar refractivity (Wildman–Crippen MR) is 73.8 cm³/mol.